The molecule has 2 aromatic heterocycles. The molecule has 0 bridgehead atoms. The van der Waals surface area contributed by atoms with E-state index < -0.39 is 0 Å². The average Bonchev–Trinajstić information content (AvgIpc) is 3.13. The van der Waals surface area contributed by atoms with Gasteiger partial charge in [-0.2, -0.15) is 11.8 Å². The highest BCUT2D eigenvalue weighted by molar-refractivity contribution is 8.00. The van der Waals surface area contributed by atoms with E-state index in [0.29, 0.717) is 4.75 Å². The molecule has 1 saturated heterocycles. The van der Waals surface area contributed by atoms with Crippen LogP contribution in [0.2, 0.25) is 4.34 Å². The summed E-state index contributed by atoms with van der Waals surface area (Å²) in [5.41, 5.74) is 0. The standard InChI is InChI=1S/C15H18ClNOS2/c1-15(7-3-9-19-15)10-17-14(11-4-2-8-18-11)12-5-6-13(16)20-12/h2,4-6,8,14,17H,3,7,9-10H2,1H3. The van der Waals surface area contributed by atoms with Crippen LogP contribution < -0.4 is 5.32 Å². The second kappa shape index (κ2) is 6.14. The topological polar surface area (TPSA) is 25.2 Å². The zero-order valence-electron chi connectivity index (χ0n) is 11.4. The largest absolute Gasteiger partial charge is 0.467 e. The normalized spacial score (nSPS) is 24.1. The highest BCUT2D eigenvalue weighted by Gasteiger charge is 2.31. The molecule has 2 aromatic rings. The van der Waals surface area contributed by atoms with E-state index in [1.807, 2.05) is 18.2 Å². The summed E-state index contributed by atoms with van der Waals surface area (Å²) in [4.78, 5) is 1.21. The van der Waals surface area contributed by atoms with Crippen LogP contribution in [0.3, 0.4) is 0 Å². The fraction of sp³-hybridized carbons (Fsp3) is 0.467. The molecule has 1 N–H and O–H groups in total. The second-order valence-electron chi connectivity index (χ2n) is 5.37. The fourth-order valence-corrected chi connectivity index (χ4v) is 4.98. The first-order valence-corrected chi connectivity index (χ1v) is 9.00. The van der Waals surface area contributed by atoms with Gasteiger partial charge in [0.15, 0.2) is 0 Å². The number of thioether (sulfide) groups is 1. The van der Waals surface area contributed by atoms with E-state index in [2.05, 4.69) is 30.1 Å². The first-order valence-electron chi connectivity index (χ1n) is 6.82. The zero-order chi connectivity index (χ0) is 14.0. The molecular formula is C15H18ClNOS2. The van der Waals surface area contributed by atoms with Gasteiger partial charge in [-0.1, -0.05) is 11.6 Å². The predicted octanol–water partition coefficient (Wildman–Crippen LogP) is 4.96. The SMILES string of the molecule is CC1(CNC(c2ccco2)c2ccc(Cl)s2)CCCS1. The van der Waals surface area contributed by atoms with Gasteiger partial charge in [-0.3, -0.25) is 0 Å². The van der Waals surface area contributed by atoms with E-state index in [4.69, 9.17) is 16.0 Å². The molecule has 20 heavy (non-hydrogen) atoms. The van der Waals surface area contributed by atoms with Crippen molar-refractivity contribution in [3.8, 4) is 0 Å². The Morgan fingerprint density at radius 1 is 1.45 bits per heavy atom. The minimum Gasteiger partial charge on any atom is -0.467 e. The summed E-state index contributed by atoms with van der Waals surface area (Å²) in [5.74, 6) is 2.23. The van der Waals surface area contributed by atoms with Crippen LogP contribution >= 0.6 is 34.7 Å². The molecule has 5 heteroatoms. The van der Waals surface area contributed by atoms with Gasteiger partial charge in [-0.25, -0.2) is 0 Å². The van der Waals surface area contributed by atoms with Gasteiger partial charge in [0.2, 0.25) is 0 Å². The Kier molecular flexibility index (Phi) is 4.46. The molecule has 0 radical (unpaired) electrons. The summed E-state index contributed by atoms with van der Waals surface area (Å²) in [7, 11) is 0. The molecule has 2 unspecified atom stereocenters. The Balaban J connectivity index is 1.76. The summed E-state index contributed by atoms with van der Waals surface area (Å²) < 4.78 is 6.76. The maximum absolute atomic E-state index is 6.08. The lowest BCUT2D eigenvalue weighted by Gasteiger charge is -2.26. The summed E-state index contributed by atoms with van der Waals surface area (Å²) in [6.07, 6.45) is 4.32. The lowest BCUT2D eigenvalue weighted by molar-refractivity contribution is 0.430. The number of furan rings is 1. The first-order chi connectivity index (χ1) is 9.66. The fourth-order valence-electron chi connectivity index (χ4n) is 2.57. The van der Waals surface area contributed by atoms with E-state index in [1.54, 1.807) is 17.6 Å². The quantitative estimate of drug-likeness (QED) is 0.840. The molecule has 0 aliphatic carbocycles. The van der Waals surface area contributed by atoms with E-state index in [1.165, 1.54) is 23.5 Å². The Morgan fingerprint density at radius 2 is 2.35 bits per heavy atom. The van der Waals surface area contributed by atoms with Crippen LogP contribution in [0.1, 0.15) is 36.4 Å². The van der Waals surface area contributed by atoms with Crippen LogP contribution in [-0.2, 0) is 0 Å². The van der Waals surface area contributed by atoms with Gasteiger partial charge in [0, 0.05) is 16.2 Å². The molecule has 0 amide bonds. The number of halogens is 1. The van der Waals surface area contributed by atoms with Crippen LogP contribution in [0.15, 0.2) is 34.9 Å². The lowest BCUT2D eigenvalue weighted by atomic mass is 10.0. The van der Waals surface area contributed by atoms with Crippen molar-refractivity contribution in [2.75, 3.05) is 12.3 Å². The van der Waals surface area contributed by atoms with Gasteiger partial charge >= 0.3 is 0 Å². The smallest absolute Gasteiger partial charge is 0.126 e. The van der Waals surface area contributed by atoms with Gasteiger partial charge < -0.3 is 9.73 Å². The molecule has 2 atom stereocenters. The Labute approximate surface area is 132 Å². The highest BCUT2D eigenvalue weighted by Crippen LogP contribution is 2.38. The van der Waals surface area contributed by atoms with E-state index >= 15 is 0 Å². The van der Waals surface area contributed by atoms with Gasteiger partial charge in [-0.15, -0.1) is 11.3 Å². The van der Waals surface area contributed by atoms with Crippen molar-refractivity contribution in [1.82, 2.24) is 5.32 Å². The van der Waals surface area contributed by atoms with E-state index in [0.717, 1.165) is 16.6 Å². The second-order valence-corrected chi connectivity index (χ2v) is 8.80. The average molecular weight is 328 g/mol. The Bertz CT molecular complexity index is 546. The molecule has 0 spiro atoms. The van der Waals surface area contributed by atoms with Crippen molar-refractivity contribution in [3.63, 3.8) is 0 Å². The first kappa shape index (κ1) is 14.5. The third-order valence-electron chi connectivity index (χ3n) is 3.69. The van der Waals surface area contributed by atoms with Crippen LogP contribution in [0.5, 0.6) is 0 Å². The van der Waals surface area contributed by atoms with Crippen molar-refractivity contribution in [3.05, 3.63) is 45.5 Å². The predicted molar refractivity (Wildman–Crippen MR) is 88.0 cm³/mol. The zero-order valence-corrected chi connectivity index (χ0v) is 13.8. The van der Waals surface area contributed by atoms with Crippen molar-refractivity contribution in [2.45, 2.75) is 30.6 Å². The van der Waals surface area contributed by atoms with Gasteiger partial charge in [0.25, 0.3) is 0 Å². The Hall–Kier alpha value is -0.420. The number of rotatable bonds is 5. The maximum atomic E-state index is 6.08. The van der Waals surface area contributed by atoms with Crippen LogP contribution in [0.4, 0.5) is 0 Å². The lowest BCUT2D eigenvalue weighted by Crippen LogP contribution is -2.35. The molecule has 1 fully saturated rings. The van der Waals surface area contributed by atoms with Crippen molar-refractivity contribution >= 4 is 34.7 Å². The van der Waals surface area contributed by atoms with Crippen LogP contribution in [-0.4, -0.2) is 17.0 Å². The third-order valence-corrected chi connectivity index (χ3v) is 6.52. The van der Waals surface area contributed by atoms with Gasteiger partial charge in [-0.05, 0) is 49.8 Å². The molecule has 1 aliphatic rings. The highest BCUT2D eigenvalue weighted by atomic mass is 35.5. The van der Waals surface area contributed by atoms with Crippen molar-refractivity contribution < 1.29 is 4.42 Å². The molecule has 1 aliphatic heterocycles. The van der Waals surface area contributed by atoms with Crippen molar-refractivity contribution in [1.29, 1.82) is 0 Å². The minimum absolute atomic E-state index is 0.0977. The molecule has 3 rings (SSSR count). The van der Waals surface area contributed by atoms with Gasteiger partial charge in [0.1, 0.15) is 11.8 Å². The van der Waals surface area contributed by atoms with Crippen LogP contribution in [0, 0.1) is 0 Å². The molecule has 0 saturated carbocycles. The molecule has 3 heterocycles. The minimum atomic E-state index is 0.0977. The van der Waals surface area contributed by atoms with E-state index in [9.17, 15) is 0 Å². The molecule has 108 valence electrons. The summed E-state index contributed by atoms with van der Waals surface area (Å²) >= 11 is 9.76. The summed E-state index contributed by atoms with van der Waals surface area (Å²) in [5, 5.41) is 3.67. The van der Waals surface area contributed by atoms with Crippen LogP contribution in [0.25, 0.3) is 0 Å². The number of hydrogen-bond acceptors (Lipinski definition) is 4. The summed E-state index contributed by atoms with van der Waals surface area (Å²) in [6.45, 7) is 3.33. The molecule has 2 nitrogen and oxygen atoms in total. The van der Waals surface area contributed by atoms with Crippen molar-refractivity contribution in [2.24, 2.45) is 0 Å². The monoisotopic (exact) mass is 327 g/mol. The third kappa shape index (κ3) is 3.25. The molecular weight excluding hydrogens is 310 g/mol. The summed E-state index contributed by atoms with van der Waals surface area (Å²) in [6, 6.07) is 8.09. The maximum Gasteiger partial charge on any atom is 0.126 e. The van der Waals surface area contributed by atoms with E-state index in [-0.39, 0.29) is 6.04 Å². The van der Waals surface area contributed by atoms with Gasteiger partial charge in [0.05, 0.1) is 10.6 Å². The molecule has 0 aromatic carbocycles. The number of thiophene rings is 1. The Morgan fingerprint density at radius 3 is 2.95 bits per heavy atom. The number of nitrogens with one attached hydrogen (secondary N) is 1. The number of hydrogen-bond donors (Lipinski definition) is 1.